The summed E-state index contributed by atoms with van der Waals surface area (Å²) in [5.41, 5.74) is 0.418. The van der Waals surface area contributed by atoms with Crippen LogP contribution in [-0.4, -0.2) is 32.1 Å². The Labute approximate surface area is 105 Å². The summed E-state index contributed by atoms with van der Waals surface area (Å²) in [7, 11) is 1.31. The van der Waals surface area contributed by atoms with Crippen molar-refractivity contribution in [2.45, 2.75) is 0 Å². The minimum atomic E-state index is -0.423. The molecular formula is C13H13NO4. The van der Waals surface area contributed by atoms with Gasteiger partial charge in [-0.3, -0.25) is 4.79 Å². The number of benzene rings is 1. The van der Waals surface area contributed by atoms with E-state index >= 15 is 0 Å². The Morgan fingerprint density at radius 1 is 1.33 bits per heavy atom. The largest absolute Gasteiger partial charge is 0.484 e. The number of amides is 1. The molecule has 1 rings (SSSR count). The van der Waals surface area contributed by atoms with Gasteiger partial charge in [0, 0.05) is 0 Å². The minimum Gasteiger partial charge on any atom is -0.484 e. The lowest BCUT2D eigenvalue weighted by atomic mass is 10.2. The molecule has 1 amide bonds. The van der Waals surface area contributed by atoms with Crippen molar-refractivity contribution in [3.8, 4) is 18.1 Å². The summed E-state index contributed by atoms with van der Waals surface area (Å²) >= 11 is 0. The fraction of sp³-hybridized carbons (Fsp3) is 0.231. The standard InChI is InChI=1S/C13H13NO4/c1-3-8-14-12(15)9-18-11-6-4-10(5-7-11)13(16)17-2/h1,4-7H,8-9H2,2H3,(H,14,15). The number of nitrogens with one attached hydrogen (secondary N) is 1. The Balaban J connectivity index is 2.47. The summed E-state index contributed by atoms with van der Waals surface area (Å²) in [6.07, 6.45) is 4.99. The van der Waals surface area contributed by atoms with Gasteiger partial charge in [0.15, 0.2) is 6.61 Å². The topological polar surface area (TPSA) is 64.6 Å². The number of hydrogen-bond acceptors (Lipinski definition) is 4. The normalized spacial score (nSPS) is 9.11. The van der Waals surface area contributed by atoms with E-state index in [1.165, 1.54) is 7.11 Å². The molecule has 0 spiro atoms. The first-order valence-corrected chi connectivity index (χ1v) is 5.18. The number of carbonyl (C=O) groups excluding carboxylic acids is 2. The van der Waals surface area contributed by atoms with Crippen LogP contribution in [-0.2, 0) is 9.53 Å². The quantitative estimate of drug-likeness (QED) is 0.611. The third-order valence-electron chi connectivity index (χ3n) is 2.03. The van der Waals surface area contributed by atoms with E-state index in [4.69, 9.17) is 11.2 Å². The molecule has 0 saturated heterocycles. The van der Waals surface area contributed by atoms with Crippen molar-refractivity contribution in [3.63, 3.8) is 0 Å². The predicted octanol–water partition coefficient (Wildman–Crippen LogP) is 0.601. The second-order valence-corrected chi connectivity index (χ2v) is 3.29. The van der Waals surface area contributed by atoms with Crippen LogP contribution in [0.5, 0.6) is 5.75 Å². The smallest absolute Gasteiger partial charge is 0.337 e. The van der Waals surface area contributed by atoms with Gasteiger partial charge in [-0.2, -0.15) is 0 Å². The van der Waals surface area contributed by atoms with Gasteiger partial charge in [-0.25, -0.2) is 4.79 Å². The number of esters is 1. The fourth-order valence-electron chi connectivity index (χ4n) is 1.15. The van der Waals surface area contributed by atoms with E-state index in [2.05, 4.69) is 16.0 Å². The molecule has 5 nitrogen and oxygen atoms in total. The molecule has 0 radical (unpaired) electrons. The summed E-state index contributed by atoms with van der Waals surface area (Å²) in [6.45, 7) is 0.0444. The Kier molecular flexibility index (Phi) is 5.26. The maximum absolute atomic E-state index is 11.2. The van der Waals surface area contributed by atoms with E-state index in [1.807, 2.05) is 0 Å². The maximum Gasteiger partial charge on any atom is 0.337 e. The SMILES string of the molecule is C#CCNC(=O)COc1ccc(C(=O)OC)cc1. The van der Waals surface area contributed by atoms with Crippen molar-refractivity contribution < 1.29 is 19.1 Å². The van der Waals surface area contributed by atoms with Crippen molar-refractivity contribution in [2.24, 2.45) is 0 Å². The molecule has 94 valence electrons. The van der Waals surface area contributed by atoms with Gasteiger partial charge >= 0.3 is 5.97 Å². The van der Waals surface area contributed by atoms with Gasteiger partial charge in [0.05, 0.1) is 19.2 Å². The van der Waals surface area contributed by atoms with Gasteiger partial charge in [-0.15, -0.1) is 6.42 Å². The Morgan fingerprint density at radius 2 is 2.00 bits per heavy atom. The molecule has 0 unspecified atom stereocenters. The molecule has 1 aromatic carbocycles. The first-order valence-electron chi connectivity index (χ1n) is 5.18. The van der Waals surface area contributed by atoms with Crippen LogP contribution in [0.15, 0.2) is 24.3 Å². The molecule has 1 aromatic rings. The van der Waals surface area contributed by atoms with Crippen molar-refractivity contribution in [1.82, 2.24) is 5.32 Å². The molecule has 0 fully saturated rings. The van der Waals surface area contributed by atoms with E-state index in [9.17, 15) is 9.59 Å². The average Bonchev–Trinajstić information content (AvgIpc) is 2.42. The third-order valence-corrected chi connectivity index (χ3v) is 2.03. The number of hydrogen-bond donors (Lipinski definition) is 1. The Morgan fingerprint density at radius 3 is 2.56 bits per heavy atom. The van der Waals surface area contributed by atoms with Crippen LogP contribution < -0.4 is 10.1 Å². The molecule has 0 aliphatic heterocycles. The molecule has 18 heavy (non-hydrogen) atoms. The monoisotopic (exact) mass is 247 g/mol. The first kappa shape index (κ1) is 13.6. The lowest BCUT2D eigenvalue weighted by Crippen LogP contribution is -2.29. The Bertz CT molecular complexity index is 459. The zero-order chi connectivity index (χ0) is 13.4. The van der Waals surface area contributed by atoms with E-state index < -0.39 is 5.97 Å². The van der Waals surface area contributed by atoms with Crippen LogP contribution in [0.4, 0.5) is 0 Å². The summed E-state index contributed by atoms with van der Waals surface area (Å²) in [4.78, 5) is 22.4. The third kappa shape index (κ3) is 4.18. The second kappa shape index (κ2) is 6.97. The number of terminal acetylenes is 1. The van der Waals surface area contributed by atoms with Crippen LogP contribution in [0.2, 0.25) is 0 Å². The number of carbonyl (C=O) groups is 2. The molecule has 0 aliphatic carbocycles. The summed E-state index contributed by atoms with van der Waals surface area (Å²) in [5.74, 6) is 2.05. The van der Waals surface area contributed by atoms with Gasteiger partial charge in [-0.05, 0) is 24.3 Å². The highest BCUT2D eigenvalue weighted by molar-refractivity contribution is 5.89. The van der Waals surface area contributed by atoms with Crippen molar-refractivity contribution in [1.29, 1.82) is 0 Å². The van der Waals surface area contributed by atoms with Crippen molar-refractivity contribution in [3.05, 3.63) is 29.8 Å². The number of ether oxygens (including phenoxy) is 2. The van der Waals surface area contributed by atoms with Crippen molar-refractivity contribution in [2.75, 3.05) is 20.3 Å². The molecule has 0 bridgehead atoms. The van der Waals surface area contributed by atoms with Gasteiger partial charge in [0.1, 0.15) is 5.75 Å². The predicted molar refractivity (Wildman–Crippen MR) is 65.1 cm³/mol. The first-order chi connectivity index (χ1) is 8.67. The zero-order valence-electron chi connectivity index (χ0n) is 9.93. The molecular weight excluding hydrogens is 234 g/mol. The zero-order valence-corrected chi connectivity index (χ0v) is 9.93. The van der Waals surface area contributed by atoms with E-state index in [0.29, 0.717) is 11.3 Å². The van der Waals surface area contributed by atoms with Crippen LogP contribution in [0, 0.1) is 12.3 Å². The maximum atomic E-state index is 11.2. The highest BCUT2D eigenvalue weighted by atomic mass is 16.5. The molecule has 0 saturated carbocycles. The van der Waals surface area contributed by atoms with Crippen LogP contribution in [0.25, 0.3) is 0 Å². The fourth-order valence-corrected chi connectivity index (χ4v) is 1.15. The molecule has 0 aliphatic rings. The number of methoxy groups -OCH3 is 1. The lowest BCUT2D eigenvalue weighted by molar-refractivity contribution is -0.122. The molecule has 0 heterocycles. The lowest BCUT2D eigenvalue weighted by Gasteiger charge is -2.06. The summed E-state index contributed by atoms with van der Waals surface area (Å²) in [6, 6.07) is 6.28. The van der Waals surface area contributed by atoms with E-state index in [1.54, 1.807) is 24.3 Å². The summed E-state index contributed by atoms with van der Waals surface area (Å²) < 4.78 is 9.76. The molecule has 5 heteroatoms. The minimum absolute atomic E-state index is 0.126. The number of rotatable bonds is 5. The molecule has 1 N–H and O–H groups in total. The average molecular weight is 247 g/mol. The van der Waals surface area contributed by atoms with E-state index in [-0.39, 0.29) is 19.1 Å². The highest BCUT2D eigenvalue weighted by Crippen LogP contribution is 2.12. The molecule has 0 atom stereocenters. The summed E-state index contributed by atoms with van der Waals surface area (Å²) in [5, 5.41) is 2.47. The van der Waals surface area contributed by atoms with Gasteiger partial charge in [-0.1, -0.05) is 5.92 Å². The van der Waals surface area contributed by atoms with Gasteiger partial charge in [0.25, 0.3) is 5.91 Å². The van der Waals surface area contributed by atoms with Gasteiger partial charge in [0.2, 0.25) is 0 Å². The van der Waals surface area contributed by atoms with Crippen molar-refractivity contribution >= 4 is 11.9 Å². The van der Waals surface area contributed by atoms with Crippen LogP contribution in [0.1, 0.15) is 10.4 Å². The molecule has 0 aromatic heterocycles. The van der Waals surface area contributed by atoms with Gasteiger partial charge < -0.3 is 14.8 Å². The van der Waals surface area contributed by atoms with Crippen LogP contribution in [0.3, 0.4) is 0 Å². The Hall–Kier alpha value is -2.48. The highest BCUT2D eigenvalue weighted by Gasteiger charge is 2.05. The van der Waals surface area contributed by atoms with Crippen LogP contribution >= 0.6 is 0 Å². The second-order valence-electron chi connectivity index (χ2n) is 3.29. The van der Waals surface area contributed by atoms with E-state index in [0.717, 1.165) is 0 Å².